The van der Waals surface area contributed by atoms with Crippen LogP contribution in [0.3, 0.4) is 0 Å². The highest BCUT2D eigenvalue weighted by Crippen LogP contribution is 2.38. The van der Waals surface area contributed by atoms with Crippen LogP contribution in [-0.4, -0.2) is 6.54 Å². The fourth-order valence-electron chi connectivity index (χ4n) is 3.27. The molecule has 22 heavy (non-hydrogen) atoms. The van der Waals surface area contributed by atoms with E-state index in [1.165, 1.54) is 27.3 Å². The fourth-order valence-corrected chi connectivity index (χ4v) is 4.22. The molecule has 1 nitrogen and oxygen atoms in total. The van der Waals surface area contributed by atoms with Crippen LogP contribution in [-0.2, 0) is 6.54 Å². The summed E-state index contributed by atoms with van der Waals surface area (Å²) in [6.07, 6.45) is 0. The quantitative estimate of drug-likeness (QED) is 0.628. The van der Waals surface area contributed by atoms with E-state index in [9.17, 15) is 0 Å². The summed E-state index contributed by atoms with van der Waals surface area (Å²) in [7, 11) is 0. The van der Waals surface area contributed by atoms with Crippen molar-refractivity contribution < 1.29 is 0 Å². The number of aryl methyl sites for hydroxylation is 1. The van der Waals surface area contributed by atoms with E-state index in [4.69, 9.17) is 0 Å². The van der Waals surface area contributed by atoms with Crippen molar-refractivity contribution >= 4 is 17.0 Å². The van der Waals surface area contributed by atoms with Gasteiger partial charge in [-0.3, -0.25) is 0 Å². The summed E-state index contributed by atoms with van der Waals surface area (Å²) in [6.45, 7) is 4.22. The lowest BCUT2D eigenvalue weighted by Gasteiger charge is -2.35. The molecule has 3 aromatic rings. The first-order chi connectivity index (χ1) is 10.8. The van der Waals surface area contributed by atoms with Crippen molar-refractivity contribution in [2.24, 2.45) is 0 Å². The smallest absolute Gasteiger partial charge is 0.0526 e. The number of rotatable bonds is 2. The van der Waals surface area contributed by atoms with Gasteiger partial charge in [0.1, 0.15) is 0 Å². The molecule has 0 saturated heterocycles. The number of hydrogen-bond acceptors (Lipinski definition) is 2. The Labute approximate surface area is 135 Å². The summed E-state index contributed by atoms with van der Waals surface area (Å²) in [5.41, 5.74) is 5.57. The van der Waals surface area contributed by atoms with Crippen molar-refractivity contribution in [1.82, 2.24) is 0 Å². The van der Waals surface area contributed by atoms with Gasteiger partial charge in [-0.1, -0.05) is 48.0 Å². The molecule has 0 saturated carbocycles. The Morgan fingerprint density at radius 3 is 2.50 bits per heavy atom. The molecule has 0 spiro atoms. The number of benzene rings is 2. The maximum atomic E-state index is 2.51. The lowest BCUT2D eigenvalue weighted by atomic mass is 9.88. The highest BCUT2D eigenvalue weighted by atomic mass is 32.1. The van der Waals surface area contributed by atoms with Crippen LogP contribution in [0.15, 0.2) is 66.0 Å². The van der Waals surface area contributed by atoms with E-state index < -0.39 is 0 Å². The normalized spacial score (nSPS) is 17.3. The third-order valence-electron chi connectivity index (χ3n) is 4.49. The standard InChI is InChI=1S/C20H19NS/c1-15-7-9-17(10-8-15)21-13-19(16-5-3-2-4-6-16)18-11-12-22-20(18)14-21/h2-12,19H,13-14H2,1H3. The van der Waals surface area contributed by atoms with E-state index in [0.29, 0.717) is 5.92 Å². The van der Waals surface area contributed by atoms with Crippen molar-refractivity contribution in [3.8, 4) is 0 Å². The van der Waals surface area contributed by atoms with Gasteiger partial charge in [0, 0.05) is 23.0 Å². The summed E-state index contributed by atoms with van der Waals surface area (Å²) in [5, 5.41) is 2.24. The van der Waals surface area contributed by atoms with Crippen LogP contribution in [0.5, 0.6) is 0 Å². The molecule has 0 aliphatic carbocycles. The minimum Gasteiger partial charge on any atom is -0.365 e. The number of anilines is 1. The lowest BCUT2D eigenvalue weighted by molar-refractivity contribution is 0.675. The van der Waals surface area contributed by atoms with Gasteiger partial charge < -0.3 is 4.90 Å². The van der Waals surface area contributed by atoms with E-state index in [1.807, 2.05) is 11.3 Å². The predicted octanol–water partition coefficient (Wildman–Crippen LogP) is 5.21. The molecule has 1 atom stereocenters. The third-order valence-corrected chi connectivity index (χ3v) is 5.42. The highest BCUT2D eigenvalue weighted by Gasteiger charge is 2.27. The topological polar surface area (TPSA) is 3.24 Å². The minimum atomic E-state index is 0.470. The van der Waals surface area contributed by atoms with E-state index in [-0.39, 0.29) is 0 Å². The van der Waals surface area contributed by atoms with Gasteiger partial charge in [-0.2, -0.15) is 0 Å². The summed E-state index contributed by atoms with van der Waals surface area (Å²) in [4.78, 5) is 4.01. The molecule has 110 valence electrons. The first kappa shape index (κ1) is 13.6. The molecule has 2 heteroatoms. The molecule has 1 aromatic heterocycles. The van der Waals surface area contributed by atoms with Gasteiger partial charge in [0.2, 0.25) is 0 Å². The van der Waals surface area contributed by atoms with Crippen molar-refractivity contribution in [3.63, 3.8) is 0 Å². The van der Waals surface area contributed by atoms with Crippen LogP contribution >= 0.6 is 11.3 Å². The third kappa shape index (κ3) is 2.44. The summed E-state index contributed by atoms with van der Waals surface area (Å²) < 4.78 is 0. The Bertz CT molecular complexity index is 758. The first-order valence-electron chi connectivity index (χ1n) is 7.74. The Hall–Kier alpha value is -2.06. The molecule has 4 rings (SSSR count). The Balaban J connectivity index is 1.72. The number of hydrogen-bond donors (Lipinski definition) is 0. The molecular weight excluding hydrogens is 286 g/mol. The zero-order valence-corrected chi connectivity index (χ0v) is 13.5. The number of nitrogens with zero attached hydrogens (tertiary/aromatic N) is 1. The molecule has 0 fully saturated rings. The SMILES string of the molecule is Cc1ccc(N2Cc3sccc3C(c3ccccc3)C2)cc1. The Morgan fingerprint density at radius 1 is 0.955 bits per heavy atom. The Morgan fingerprint density at radius 2 is 1.73 bits per heavy atom. The van der Waals surface area contributed by atoms with Gasteiger partial charge in [0.25, 0.3) is 0 Å². The van der Waals surface area contributed by atoms with E-state index in [2.05, 4.69) is 77.9 Å². The van der Waals surface area contributed by atoms with Crippen molar-refractivity contribution in [2.75, 3.05) is 11.4 Å². The fraction of sp³-hybridized carbons (Fsp3) is 0.200. The van der Waals surface area contributed by atoms with Crippen molar-refractivity contribution in [3.05, 3.63) is 87.6 Å². The zero-order chi connectivity index (χ0) is 14.9. The van der Waals surface area contributed by atoms with Gasteiger partial charge >= 0.3 is 0 Å². The molecule has 0 radical (unpaired) electrons. The largest absolute Gasteiger partial charge is 0.365 e. The molecular formula is C20H19NS. The van der Waals surface area contributed by atoms with E-state index in [1.54, 1.807) is 0 Å². The second-order valence-electron chi connectivity index (χ2n) is 5.98. The summed E-state index contributed by atoms with van der Waals surface area (Å²) >= 11 is 1.88. The molecule has 2 aromatic carbocycles. The first-order valence-corrected chi connectivity index (χ1v) is 8.62. The monoisotopic (exact) mass is 305 g/mol. The van der Waals surface area contributed by atoms with Crippen LogP contribution in [0, 0.1) is 6.92 Å². The average Bonchev–Trinajstić information content (AvgIpc) is 3.04. The predicted molar refractivity (Wildman–Crippen MR) is 94.8 cm³/mol. The van der Waals surface area contributed by atoms with Crippen LogP contribution in [0.1, 0.15) is 27.5 Å². The van der Waals surface area contributed by atoms with Crippen LogP contribution in [0.4, 0.5) is 5.69 Å². The van der Waals surface area contributed by atoms with E-state index in [0.717, 1.165) is 13.1 Å². The zero-order valence-electron chi connectivity index (χ0n) is 12.7. The van der Waals surface area contributed by atoms with Gasteiger partial charge in [-0.15, -0.1) is 11.3 Å². The number of fused-ring (bicyclic) bond motifs is 1. The molecule has 0 amide bonds. The molecule has 0 N–H and O–H groups in total. The average molecular weight is 305 g/mol. The van der Waals surface area contributed by atoms with E-state index >= 15 is 0 Å². The second-order valence-corrected chi connectivity index (χ2v) is 6.98. The summed E-state index contributed by atoms with van der Waals surface area (Å²) in [5.74, 6) is 0.470. The second kappa shape index (κ2) is 5.62. The maximum absolute atomic E-state index is 2.51. The van der Waals surface area contributed by atoms with Crippen molar-refractivity contribution in [1.29, 1.82) is 0 Å². The van der Waals surface area contributed by atoms with Crippen LogP contribution < -0.4 is 4.90 Å². The molecule has 2 heterocycles. The molecule has 1 aliphatic rings. The lowest BCUT2D eigenvalue weighted by Crippen LogP contribution is -2.33. The molecule has 1 aliphatic heterocycles. The van der Waals surface area contributed by atoms with Gasteiger partial charge in [0.05, 0.1) is 6.54 Å². The van der Waals surface area contributed by atoms with Gasteiger partial charge in [-0.25, -0.2) is 0 Å². The van der Waals surface area contributed by atoms with Crippen LogP contribution in [0.25, 0.3) is 0 Å². The maximum Gasteiger partial charge on any atom is 0.0526 e. The van der Waals surface area contributed by atoms with Crippen molar-refractivity contribution in [2.45, 2.75) is 19.4 Å². The van der Waals surface area contributed by atoms with Gasteiger partial charge in [-0.05, 0) is 41.6 Å². The molecule has 0 bridgehead atoms. The highest BCUT2D eigenvalue weighted by molar-refractivity contribution is 7.10. The molecule has 1 unspecified atom stereocenters. The van der Waals surface area contributed by atoms with Crippen LogP contribution in [0.2, 0.25) is 0 Å². The summed E-state index contributed by atoms with van der Waals surface area (Å²) in [6, 6.07) is 22.1. The minimum absolute atomic E-state index is 0.470. The van der Waals surface area contributed by atoms with Gasteiger partial charge in [0.15, 0.2) is 0 Å². The Kier molecular flexibility index (Phi) is 3.47. The number of thiophene rings is 1.